The number of amides is 1. The predicted molar refractivity (Wildman–Crippen MR) is 103 cm³/mol. The SMILES string of the molecule is CC(=O)Nc1scc(-c2cccs2)c1C(=O)OCC(=O)c1cccc(F)c1. The first-order chi connectivity index (χ1) is 13.0. The van der Waals surface area contributed by atoms with E-state index in [1.807, 2.05) is 17.5 Å². The van der Waals surface area contributed by atoms with Crippen LogP contribution in [0.4, 0.5) is 9.39 Å². The standard InChI is InChI=1S/C19H14FNO4S2/c1-11(22)21-18-17(14(10-27-18)16-6-3-7-26-16)19(24)25-9-15(23)12-4-2-5-13(20)8-12/h2-8,10H,9H2,1H3,(H,21,22). The minimum atomic E-state index is -0.729. The van der Waals surface area contributed by atoms with Crippen LogP contribution in [0.2, 0.25) is 0 Å². The number of Topliss-reactive ketones (excluding diaryl/α,β-unsaturated/α-hetero) is 1. The highest BCUT2D eigenvalue weighted by molar-refractivity contribution is 7.17. The number of hydrogen-bond donors (Lipinski definition) is 1. The number of carbonyl (C=O) groups is 3. The fourth-order valence-corrected chi connectivity index (χ4v) is 4.19. The van der Waals surface area contributed by atoms with Crippen LogP contribution in [0.3, 0.4) is 0 Å². The van der Waals surface area contributed by atoms with Crippen molar-refractivity contribution in [1.82, 2.24) is 0 Å². The van der Waals surface area contributed by atoms with Gasteiger partial charge in [-0.15, -0.1) is 22.7 Å². The fourth-order valence-electron chi connectivity index (χ4n) is 2.37. The molecule has 138 valence electrons. The van der Waals surface area contributed by atoms with Gasteiger partial charge in [0.15, 0.2) is 12.4 Å². The van der Waals surface area contributed by atoms with Gasteiger partial charge in [-0.1, -0.05) is 18.2 Å². The second-order valence-electron chi connectivity index (χ2n) is 5.52. The lowest BCUT2D eigenvalue weighted by Crippen LogP contribution is -2.16. The summed E-state index contributed by atoms with van der Waals surface area (Å²) >= 11 is 2.64. The molecule has 0 radical (unpaired) electrons. The Morgan fingerprint density at radius 3 is 2.63 bits per heavy atom. The third kappa shape index (κ3) is 4.47. The zero-order valence-corrected chi connectivity index (χ0v) is 15.8. The molecule has 0 aliphatic heterocycles. The van der Waals surface area contributed by atoms with Crippen LogP contribution in [0.15, 0.2) is 47.2 Å². The first kappa shape index (κ1) is 18.9. The summed E-state index contributed by atoms with van der Waals surface area (Å²) in [5.74, 6) is -2.11. The minimum Gasteiger partial charge on any atom is -0.454 e. The van der Waals surface area contributed by atoms with Gasteiger partial charge in [0.2, 0.25) is 5.91 Å². The van der Waals surface area contributed by atoms with Crippen molar-refractivity contribution in [3.63, 3.8) is 0 Å². The molecule has 0 atom stereocenters. The van der Waals surface area contributed by atoms with E-state index in [2.05, 4.69) is 5.32 Å². The van der Waals surface area contributed by atoms with E-state index < -0.39 is 24.2 Å². The Balaban J connectivity index is 1.82. The van der Waals surface area contributed by atoms with Crippen LogP contribution in [0, 0.1) is 5.82 Å². The molecule has 0 spiro atoms. The molecule has 5 nitrogen and oxygen atoms in total. The summed E-state index contributed by atoms with van der Waals surface area (Å²) in [6.45, 7) is 0.814. The zero-order chi connectivity index (χ0) is 19.4. The highest BCUT2D eigenvalue weighted by Crippen LogP contribution is 2.38. The summed E-state index contributed by atoms with van der Waals surface area (Å²) in [7, 11) is 0. The summed E-state index contributed by atoms with van der Waals surface area (Å²) in [4.78, 5) is 37.0. The van der Waals surface area contributed by atoms with Crippen molar-refractivity contribution >= 4 is 45.3 Å². The Bertz CT molecular complexity index is 995. The summed E-state index contributed by atoms with van der Waals surface area (Å²) < 4.78 is 18.4. The van der Waals surface area contributed by atoms with E-state index in [1.54, 1.807) is 5.38 Å². The number of esters is 1. The first-order valence-corrected chi connectivity index (χ1v) is 9.60. The quantitative estimate of drug-likeness (QED) is 0.482. The number of halogens is 1. The van der Waals surface area contributed by atoms with Crippen LogP contribution in [0.25, 0.3) is 10.4 Å². The third-order valence-electron chi connectivity index (χ3n) is 3.55. The van der Waals surface area contributed by atoms with E-state index in [9.17, 15) is 18.8 Å². The van der Waals surface area contributed by atoms with E-state index in [0.29, 0.717) is 10.6 Å². The van der Waals surface area contributed by atoms with Gasteiger partial charge in [0.1, 0.15) is 16.4 Å². The molecule has 1 aromatic carbocycles. The molecule has 0 bridgehead atoms. The number of ether oxygens (including phenoxy) is 1. The van der Waals surface area contributed by atoms with E-state index in [1.165, 1.54) is 47.8 Å². The molecule has 1 amide bonds. The average Bonchev–Trinajstić information content (AvgIpc) is 3.28. The molecular weight excluding hydrogens is 389 g/mol. The van der Waals surface area contributed by atoms with Crippen LogP contribution in [-0.4, -0.2) is 24.3 Å². The Morgan fingerprint density at radius 1 is 1.15 bits per heavy atom. The largest absolute Gasteiger partial charge is 0.454 e. The topological polar surface area (TPSA) is 72.5 Å². The van der Waals surface area contributed by atoms with Crippen LogP contribution in [0.1, 0.15) is 27.6 Å². The van der Waals surface area contributed by atoms with Crippen molar-refractivity contribution in [3.05, 3.63) is 64.1 Å². The Hall–Kier alpha value is -2.84. The Labute approximate surface area is 162 Å². The lowest BCUT2D eigenvalue weighted by molar-refractivity contribution is -0.114. The van der Waals surface area contributed by atoms with Crippen molar-refractivity contribution < 1.29 is 23.5 Å². The second kappa shape index (κ2) is 8.24. The van der Waals surface area contributed by atoms with Gasteiger partial charge in [-0.25, -0.2) is 9.18 Å². The van der Waals surface area contributed by atoms with Crippen molar-refractivity contribution in [2.24, 2.45) is 0 Å². The summed E-state index contributed by atoms with van der Waals surface area (Å²) in [6, 6.07) is 8.86. The van der Waals surface area contributed by atoms with Crippen molar-refractivity contribution in [2.45, 2.75) is 6.92 Å². The van der Waals surface area contributed by atoms with E-state index in [4.69, 9.17) is 4.74 Å². The zero-order valence-electron chi connectivity index (χ0n) is 14.2. The predicted octanol–water partition coefficient (Wildman–Crippen LogP) is 4.61. The summed E-state index contributed by atoms with van der Waals surface area (Å²) in [5, 5.41) is 6.59. The molecule has 0 saturated heterocycles. The molecule has 1 N–H and O–H groups in total. The van der Waals surface area contributed by atoms with Crippen LogP contribution in [0.5, 0.6) is 0 Å². The van der Waals surface area contributed by atoms with Crippen molar-refractivity contribution in [2.75, 3.05) is 11.9 Å². The number of anilines is 1. The van der Waals surface area contributed by atoms with Crippen molar-refractivity contribution in [3.8, 4) is 10.4 Å². The van der Waals surface area contributed by atoms with Gasteiger partial charge in [-0.05, 0) is 23.6 Å². The molecular formula is C19H14FNO4S2. The first-order valence-electron chi connectivity index (χ1n) is 7.84. The highest BCUT2D eigenvalue weighted by atomic mass is 32.1. The molecule has 3 aromatic rings. The number of ketones is 1. The van der Waals surface area contributed by atoms with Gasteiger partial charge < -0.3 is 10.1 Å². The van der Waals surface area contributed by atoms with Crippen molar-refractivity contribution in [1.29, 1.82) is 0 Å². The monoisotopic (exact) mass is 403 g/mol. The smallest absolute Gasteiger partial charge is 0.342 e. The maximum Gasteiger partial charge on any atom is 0.342 e. The summed E-state index contributed by atoms with van der Waals surface area (Å²) in [5.41, 5.74) is 0.945. The second-order valence-corrected chi connectivity index (χ2v) is 7.35. The maximum atomic E-state index is 13.2. The molecule has 2 heterocycles. The van der Waals surface area contributed by atoms with Gasteiger partial charge in [-0.2, -0.15) is 0 Å². The summed E-state index contributed by atoms with van der Waals surface area (Å²) in [6.07, 6.45) is 0. The lowest BCUT2D eigenvalue weighted by Gasteiger charge is -2.08. The lowest BCUT2D eigenvalue weighted by atomic mass is 10.1. The molecule has 2 aromatic heterocycles. The van der Waals surface area contributed by atoms with E-state index in [-0.39, 0.29) is 17.0 Å². The Kier molecular flexibility index (Phi) is 5.78. The number of rotatable bonds is 6. The minimum absolute atomic E-state index is 0.119. The molecule has 3 rings (SSSR count). The normalized spacial score (nSPS) is 10.4. The molecule has 0 aliphatic carbocycles. The number of nitrogens with one attached hydrogen (secondary N) is 1. The maximum absolute atomic E-state index is 13.2. The average molecular weight is 403 g/mol. The third-order valence-corrected chi connectivity index (χ3v) is 5.35. The van der Waals surface area contributed by atoms with Gasteiger partial charge in [0.25, 0.3) is 0 Å². The number of benzene rings is 1. The molecule has 0 fully saturated rings. The van der Waals surface area contributed by atoms with Gasteiger partial charge >= 0.3 is 5.97 Å². The van der Waals surface area contributed by atoms with Crippen LogP contribution in [-0.2, 0) is 9.53 Å². The molecule has 0 aliphatic rings. The van der Waals surface area contributed by atoms with Crippen LogP contribution < -0.4 is 5.32 Å². The fraction of sp³-hybridized carbons (Fsp3) is 0.105. The van der Waals surface area contributed by atoms with Gasteiger partial charge in [-0.3, -0.25) is 9.59 Å². The molecule has 8 heteroatoms. The number of carbonyl (C=O) groups excluding carboxylic acids is 3. The molecule has 0 unspecified atom stereocenters. The van der Waals surface area contributed by atoms with E-state index in [0.717, 1.165) is 10.9 Å². The number of hydrogen-bond acceptors (Lipinski definition) is 6. The highest BCUT2D eigenvalue weighted by Gasteiger charge is 2.23. The molecule has 0 saturated carbocycles. The van der Waals surface area contributed by atoms with Gasteiger partial charge in [0, 0.05) is 28.3 Å². The van der Waals surface area contributed by atoms with Crippen LogP contribution >= 0.6 is 22.7 Å². The molecule has 27 heavy (non-hydrogen) atoms. The van der Waals surface area contributed by atoms with E-state index >= 15 is 0 Å². The Morgan fingerprint density at radius 2 is 1.96 bits per heavy atom. The number of thiophene rings is 2. The van der Waals surface area contributed by atoms with Gasteiger partial charge in [0.05, 0.1) is 0 Å².